The Kier molecular flexibility index (Phi) is 4.03. The first-order valence-corrected chi connectivity index (χ1v) is 6.58. The Morgan fingerprint density at radius 1 is 1.28 bits per heavy atom. The number of rotatable bonds is 5. The summed E-state index contributed by atoms with van der Waals surface area (Å²) in [5, 5.41) is 3.53. The summed E-state index contributed by atoms with van der Waals surface area (Å²) in [5.74, 6) is 1.09. The van der Waals surface area contributed by atoms with Gasteiger partial charge in [-0.25, -0.2) is 4.98 Å². The van der Waals surface area contributed by atoms with E-state index in [1.165, 1.54) is 16.8 Å². The Morgan fingerprint density at radius 3 is 2.83 bits per heavy atom. The number of imidazole rings is 1. The van der Waals surface area contributed by atoms with Crippen LogP contribution in [-0.4, -0.2) is 9.55 Å². The van der Waals surface area contributed by atoms with Crippen LogP contribution in [0.5, 0.6) is 0 Å². The molecule has 1 heterocycles. The summed E-state index contributed by atoms with van der Waals surface area (Å²) in [6, 6.07) is 6.45. The molecule has 0 aliphatic carbocycles. The predicted molar refractivity (Wildman–Crippen MR) is 75.8 cm³/mol. The van der Waals surface area contributed by atoms with Gasteiger partial charge in [0.05, 0.1) is 6.54 Å². The molecular formula is C15H21N3. The Bertz CT molecular complexity index is 514. The van der Waals surface area contributed by atoms with Crippen LogP contribution in [0.25, 0.3) is 0 Å². The van der Waals surface area contributed by atoms with E-state index < -0.39 is 0 Å². The van der Waals surface area contributed by atoms with Crippen LogP contribution in [0.1, 0.15) is 30.8 Å². The van der Waals surface area contributed by atoms with Gasteiger partial charge in [0, 0.05) is 24.6 Å². The summed E-state index contributed by atoms with van der Waals surface area (Å²) in [5.41, 5.74) is 3.92. The first kappa shape index (κ1) is 12.7. The molecule has 2 rings (SSSR count). The molecule has 0 fully saturated rings. The fraction of sp³-hybridized carbons (Fsp3) is 0.400. The van der Waals surface area contributed by atoms with E-state index in [0.29, 0.717) is 0 Å². The highest BCUT2D eigenvalue weighted by molar-refractivity contribution is 5.57. The number of nitrogens with one attached hydrogen (secondary N) is 1. The van der Waals surface area contributed by atoms with Gasteiger partial charge in [-0.2, -0.15) is 0 Å². The lowest BCUT2D eigenvalue weighted by molar-refractivity contribution is 0.707. The second-order valence-electron chi connectivity index (χ2n) is 4.45. The molecule has 1 aromatic carbocycles. The normalized spacial score (nSPS) is 10.6. The van der Waals surface area contributed by atoms with Crippen molar-refractivity contribution in [1.82, 2.24) is 9.55 Å². The highest BCUT2D eigenvalue weighted by Gasteiger charge is 2.05. The molecule has 2 aromatic rings. The zero-order valence-electron chi connectivity index (χ0n) is 11.4. The second-order valence-corrected chi connectivity index (χ2v) is 4.45. The Balaban J connectivity index is 2.15. The number of anilines is 1. The smallest absolute Gasteiger partial charge is 0.128 e. The highest BCUT2D eigenvalue weighted by atomic mass is 15.1. The van der Waals surface area contributed by atoms with E-state index in [1.54, 1.807) is 0 Å². The molecule has 96 valence electrons. The van der Waals surface area contributed by atoms with Crippen LogP contribution in [0.4, 0.5) is 5.69 Å². The molecule has 0 atom stereocenters. The summed E-state index contributed by atoms with van der Waals surface area (Å²) >= 11 is 0. The average Bonchev–Trinajstić information content (AvgIpc) is 2.84. The number of hydrogen-bond acceptors (Lipinski definition) is 2. The molecule has 18 heavy (non-hydrogen) atoms. The van der Waals surface area contributed by atoms with E-state index in [2.05, 4.69) is 53.8 Å². The molecule has 3 nitrogen and oxygen atoms in total. The topological polar surface area (TPSA) is 29.9 Å². The van der Waals surface area contributed by atoms with Crippen LogP contribution in [0.15, 0.2) is 30.6 Å². The van der Waals surface area contributed by atoms with Crippen molar-refractivity contribution in [3.63, 3.8) is 0 Å². The molecule has 0 spiro atoms. The summed E-state index contributed by atoms with van der Waals surface area (Å²) in [7, 11) is 0. The van der Waals surface area contributed by atoms with Gasteiger partial charge in [0.2, 0.25) is 0 Å². The van der Waals surface area contributed by atoms with Crippen molar-refractivity contribution >= 4 is 5.69 Å². The number of nitrogens with zero attached hydrogens (tertiary/aromatic N) is 2. The van der Waals surface area contributed by atoms with Gasteiger partial charge in [-0.05, 0) is 31.4 Å². The summed E-state index contributed by atoms with van der Waals surface area (Å²) in [4.78, 5) is 4.39. The SMILES string of the molecule is CCc1cccc(C)c1NCc1nccn1CC. The van der Waals surface area contributed by atoms with Gasteiger partial charge < -0.3 is 9.88 Å². The molecule has 0 aliphatic rings. The summed E-state index contributed by atoms with van der Waals surface area (Å²) in [6.45, 7) is 8.21. The largest absolute Gasteiger partial charge is 0.377 e. The van der Waals surface area contributed by atoms with Crippen LogP contribution in [-0.2, 0) is 19.5 Å². The zero-order valence-corrected chi connectivity index (χ0v) is 11.4. The third kappa shape index (κ3) is 2.55. The minimum absolute atomic E-state index is 0.776. The van der Waals surface area contributed by atoms with Crippen molar-refractivity contribution in [2.75, 3.05) is 5.32 Å². The molecule has 0 radical (unpaired) electrons. The molecule has 0 aliphatic heterocycles. The molecule has 0 amide bonds. The van der Waals surface area contributed by atoms with Gasteiger partial charge in [0.15, 0.2) is 0 Å². The molecule has 1 N–H and O–H groups in total. The first-order valence-electron chi connectivity index (χ1n) is 6.58. The third-order valence-corrected chi connectivity index (χ3v) is 3.31. The van der Waals surface area contributed by atoms with Gasteiger partial charge in [-0.3, -0.25) is 0 Å². The first-order chi connectivity index (χ1) is 8.76. The fourth-order valence-corrected chi connectivity index (χ4v) is 2.24. The van der Waals surface area contributed by atoms with Gasteiger partial charge >= 0.3 is 0 Å². The minimum Gasteiger partial charge on any atom is -0.377 e. The molecule has 1 aromatic heterocycles. The molecule has 0 bridgehead atoms. The summed E-state index contributed by atoms with van der Waals surface area (Å²) < 4.78 is 2.16. The molecule has 0 saturated carbocycles. The Hall–Kier alpha value is -1.77. The Morgan fingerprint density at radius 2 is 2.11 bits per heavy atom. The van der Waals surface area contributed by atoms with Gasteiger partial charge in [0.25, 0.3) is 0 Å². The standard InChI is InChI=1S/C15H21N3/c1-4-13-8-6-7-12(3)15(13)17-11-14-16-9-10-18(14)5-2/h6-10,17H,4-5,11H2,1-3H3. The van der Waals surface area contributed by atoms with Crippen molar-refractivity contribution in [2.24, 2.45) is 0 Å². The van der Waals surface area contributed by atoms with E-state index in [1.807, 2.05) is 12.4 Å². The van der Waals surface area contributed by atoms with Crippen LogP contribution in [0.2, 0.25) is 0 Å². The molecule has 0 unspecified atom stereocenters. The highest BCUT2D eigenvalue weighted by Crippen LogP contribution is 2.21. The minimum atomic E-state index is 0.776. The maximum absolute atomic E-state index is 4.39. The number of aryl methyl sites for hydroxylation is 3. The maximum Gasteiger partial charge on any atom is 0.128 e. The fourth-order valence-electron chi connectivity index (χ4n) is 2.24. The van der Waals surface area contributed by atoms with Crippen LogP contribution in [0.3, 0.4) is 0 Å². The van der Waals surface area contributed by atoms with Gasteiger partial charge in [0.1, 0.15) is 5.82 Å². The van der Waals surface area contributed by atoms with Crippen molar-refractivity contribution in [3.05, 3.63) is 47.5 Å². The molecule has 0 saturated heterocycles. The monoisotopic (exact) mass is 243 g/mol. The van der Waals surface area contributed by atoms with E-state index >= 15 is 0 Å². The van der Waals surface area contributed by atoms with Gasteiger partial charge in [-0.1, -0.05) is 25.1 Å². The van der Waals surface area contributed by atoms with E-state index in [4.69, 9.17) is 0 Å². The third-order valence-electron chi connectivity index (χ3n) is 3.31. The molecule has 3 heteroatoms. The lowest BCUT2D eigenvalue weighted by Gasteiger charge is -2.14. The van der Waals surface area contributed by atoms with E-state index in [9.17, 15) is 0 Å². The number of aromatic nitrogens is 2. The average molecular weight is 243 g/mol. The Labute approximate surface area is 109 Å². The van der Waals surface area contributed by atoms with E-state index in [-0.39, 0.29) is 0 Å². The maximum atomic E-state index is 4.39. The predicted octanol–water partition coefficient (Wildman–Crippen LogP) is 3.39. The van der Waals surface area contributed by atoms with Crippen LogP contribution < -0.4 is 5.32 Å². The van der Waals surface area contributed by atoms with Crippen molar-refractivity contribution in [2.45, 2.75) is 40.3 Å². The number of benzene rings is 1. The van der Waals surface area contributed by atoms with E-state index in [0.717, 1.165) is 25.3 Å². The lowest BCUT2D eigenvalue weighted by atomic mass is 10.1. The van der Waals surface area contributed by atoms with Crippen LogP contribution >= 0.6 is 0 Å². The van der Waals surface area contributed by atoms with Crippen LogP contribution in [0, 0.1) is 6.92 Å². The van der Waals surface area contributed by atoms with Crippen molar-refractivity contribution in [1.29, 1.82) is 0 Å². The van der Waals surface area contributed by atoms with Gasteiger partial charge in [-0.15, -0.1) is 0 Å². The van der Waals surface area contributed by atoms with Crippen molar-refractivity contribution < 1.29 is 0 Å². The molecular weight excluding hydrogens is 222 g/mol. The quantitative estimate of drug-likeness (QED) is 0.872. The second kappa shape index (κ2) is 5.71. The number of para-hydroxylation sites is 1. The number of hydrogen-bond donors (Lipinski definition) is 1. The lowest BCUT2D eigenvalue weighted by Crippen LogP contribution is -2.09. The summed E-state index contributed by atoms with van der Waals surface area (Å²) in [6.07, 6.45) is 4.93. The zero-order chi connectivity index (χ0) is 13.0. The van der Waals surface area contributed by atoms with Crippen molar-refractivity contribution in [3.8, 4) is 0 Å².